The molecule has 0 unspecified atom stereocenters. The first-order valence-corrected chi connectivity index (χ1v) is 7.53. The molecule has 2 N–H and O–H groups in total. The van der Waals surface area contributed by atoms with Crippen molar-refractivity contribution in [3.63, 3.8) is 0 Å². The predicted molar refractivity (Wildman–Crippen MR) is 69.6 cm³/mol. The van der Waals surface area contributed by atoms with Gasteiger partial charge in [-0.25, -0.2) is 8.42 Å². The van der Waals surface area contributed by atoms with Gasteiger partial charge in [-0.2, -0.15) is 9.40 Å². The first-order valence-electron chi connectivity index (χ1n) is 6.09. The van der Waals surface area contributed by atoms with Gasteiger partial charge in [0.25, 0.3) is 10.0 Å². The fourth-order valence-corrected chi connectivity index (χ4v) is 3.48. The van der Waals surface area contributed by atoms with Gasteiger partial charge < -0.3 is 5.11 Å². The van der Waals surface area contributed by atoms with E-state index >= 15 is 0 Å². The minimum atomic E-state index is -3.75. The number of aryl methyl sites for hydroxylation is 1. The average Bonchev–Trinajstić information content (AvgIpc) is 3.09. The molecule has 1 aliphatic carbocycles. The number of rotatable bonds is 6. The molecule has 0 atom stereocenters. The number of nitrogens with zero attached hydrogens (tertiary/aromatic N) is 2. The smallest absolute Gasteiger partial charge is 0.263 e. The zero-order valence-electron chi connectivity index (χ0n) is 10.8. The molecule has 0 amide bonds. The van der Waals surface area contributed by atoms with E-state index in [1.807, 2.05) is 0 Å². The molecule has 1 aromatic heterocycles. The topological polar surface area (TPSA) is 86.3 Å². The Morgan fingerprint density at radius 1 is 1.58 bits per heavy atom. The Kier molecular flexibility index (Phi) is 3.94. The molecule has 1 aromatic rings. The third-order valence-electron chi connectivity index (χ3n) is 3.20. The van der Waals surface area contributed by atoms with Gasteiger partial charge in [-0.15, -0.1) is 6.42 Å². The van der Waals surface area contributed by atoms with Crippen molar-refractivity contribution >= 4 is 10.0 Å². The molecule has 6 nitrogen and oxygen atoms in total. The number of terminal acetylenes is 1. The molecule has 0 aromatic carbocycles. The molecule has 0 bridgehead atoms. The number of nitrogens with one attached hydrogen (secondary N) is 1. The highest BCUT2D eigenvalue weighted by molar-refractivity contribution is 7.89. The van der Waals surface area contributed by atoms with Crippen LogP contribution in [-0.4, -0.2) is 41.1 Å². The lowest BCUT2D eigenvalue weighted by atomic mass is 10.3. The van der Waals surface area contributed by atoms with Crippen molar-refractivity contribution in [2.45, 2.75) is 31.4 Å². The lowest BCUT2D eigenvalue weighted by Gasteiger charge is -2.18. The number of aromatic nitrogens is 2. The molecule has 1 heterocycles. The van der Waals surface area contributed by atoms with Crippen LogP contribution < -0.4 is 0 Å². The van der Waals surface area contributed by atoms with Crippen molar-refractivity contribution in [3.05, 3.63) is 11.3 Å². The maximum Gasteiger partial charge on any atom is 0.263 e. The summed E-state index contributed by atoms with van der Waals surface area (Å²) in [6.07, 6.45) is 7.30. The van der Waals surface area contributed by atoms with Crippen molar-refractivity contribution in [3.8, 4) is 12.3 Å². The quantitative estimate of drug-likeness (QED) is 0.732. The molecule has 104 valence electrons. The predicted octanol–water partition coefficient (Wildman–Crippen LogP) is 0.244. The van der Waals surface area contributed by atoms with Crippen LogP contribution >= 0.6 is 0 Å². The van der Waals surface area contributed by atoms with Gasteiger partial charge in [0.05, 0.1) is 13.2 Å². The first kappa shape index (κ1) is 14.1. The van der Waals surface area contributed by atoms with Crippen molar-refractivity contribution in [2.75, 3.05) is 13.1 Å². The first-order chi connectivity index (χ1) is 9.00. The van der Waals surface area contributed by atoms with Crippen molar-refractivity contribution in [1.29, 1.82) is 0 Å². The van der Waals surface area contributed by atoms with Crippen LogP contribution in [-0.2, 0) is 16.6 Å². The molecule has 2 rings (SSSR count). The number of hydrogen-bond acceptors (Lipinski definition) is 4. The second kappa shape index (κ2) is 5.33. The summed E-state index contributed by atoms with van der Waals surface area (Å²) in [5, 5.41) is 15.6. The summed E-state index contributed by atoms with van der Waals surface area (Å²) in [7, 11) is -3.75. The van der Waals surface area contributed by atoms with E-state index in [1.165, 1.54) is 4.31 Å². The molecule has 0 aliphatic heterocycles. The number of aliphatic hydroxyl groups is 1. The SMILES string of the molecule is C#CCN(CC1CC1)S(=O)(=O)c1n[nH]c(C)c1CO. The maximum absolute atomic E-state index is 12.5. The summed E-state index contributed by atoms with van der Waals surface area (Å²) in [5.74, 6) is 2.76. The van der Waals surface area contributed by atoms with Gasteiger partial charge in [0.2, 0.25) is 0 Å². The minimum Gasteiger partial charge on any atom is -0.392 e. The Hall–Kier alpha value is -1.36. The maximum atomic E-state index is 12.5. The normalized spacial score (nSPS) is 15.7. The van der Waals surface area contributed by atoms with E-state index in [1.54, 1.807) is 6.92 Å². The van der Waals surface area contributed by atoms with Crippen molar-refractivity contribution in [2.24, 2.45) is 5.92 Å². The highest BCUT2D eigenvalue weighted by Crippen LogP contribution is 2.31. The van der Waals surface area contributed by atoms with E-state index in [4.69, 9.17) is 6.42 Å². The van der Waals surface area contributed by atoms with Gasteiger partial charge in [-0.1, -0.05) is 5.92 Å². The Bertz CT molecular complexity index is 596. The van der Waals surface area contributed by atoms with Crippen LogP contribution in [0.1, 0.15) is 24.1 Å². The lowest BCUT2D eigenvalue weighted by Crippen LogP contribution is -2.34. The van der Waals surface area contributed by atoms with E-state index in [2.05, 4.69) is 16.1 Å². The van der Waals surface area contributed by atoms with Crippen molar-refractivity contribution < 1.29 is 13.5 Å². The van der Waals surface area contributed by atoms with Crippen molar-refractivity contribution in [1.82, 2.24) is 14.5 Å². The van der Waals surface area contributed by atoms with Gasteiger partial charge in [0, 0.05) is 17.8 Å². The van der Waals surface area contributed by atoms with Crippen LogP contribution in [0.4, 0.5) is 0 Å². The van der Waals surface area contributed by atoms with Gasteiger partial charge in [-0.3, -0.25) is 5.10 Å². The standard InChI is InChI=1S/C12H17N3O3S/c1-3-6-15(7-10-4-5-10)19(17,18)12-11(8-16)9(2)13-14-12/h1,10,16H,4-8H2,2H3,(H,13,14). The van der Waals surface area contributed by atoms with Crippen LogP contribution in [0.25, 0.3) is 0 Å². The molecule has 1 saturated carbocycles. The Labute approximate surface area is 112 Å². The van der Waals surface area contributed by atoms with E-state index in [9.17, 15) is 13.5 Å². The fraction of sp³-hybridized carbons (Fsp3) is 0.583. The van der Waals surface area contributed by atoms with Gasteiger partial charge in [0.15, 0.2) is 5.03 Å². The number of sulfonamides is 1. The molecule has 0 radical (unpaired) electrons. The van der Waals surface area contributed by atoms with Crippen LogP contribution in [0.3, 0.4) is 0 Å². The number of H-pyrrole nitrogens is 1. The summed E-state index contributed by atoms with van der Waals surface area (Å²) < 4.78 is 26.3. The van der Waals surface area contributed by atoms with Gasteiger partial charge in [0.1, 0.15) is 0 Å². The van der Waals surface area contributed by atoms with Crippen LogP contribution in [0.5, 0.6) is 0 Å². The van der Waals surface area contributed by atoms with Gasteiger partial charge in [-0.05, 0) is 25.7 Å². The number of aromatic amines is 1. The molecule has 1 aliphatic rings. The number of hydrogen-bond donors (Lipinski definition) is 2. The van der Waals surface area contributed by atoms with E-state index in [0.29, 0.717) is 23.7 Å². The third-order valence-corrected chi connectivity index (χ3v) is 4.99. The van der Waals surface area contributed by atoms with E-state index in [-0.39, 0.29) is 18.2 Å². The van der Waals surface area contributed by atoms with E-state index in [0.717, 1.165) is 12.8 Å². The summed E-state index contributed by atoms with van der Waals surface area (Å²) in [6.45, 7) is 1.74. The second-order valence-electron chi connectivity index (χ2n) is 4.74. The monoisotopic (exact) mass is 283 g/mol. The van der Waals surface area contributed by atoms with Crippen LogP contribution in [0.2, 0.25) is 0 Å². The summed E-state index contributed by atoms with van der Waals surface area (Å²) in [5.41, 5.74) is 0.853. The molecule has 0 spiro atoms. The Morgan fingerprint density at radius 3 is 2.79 bits per heavy atom. The highest BCUT2D eigenvalue weighted by Gasteiger charge is 2.34. The largest absolute Gasteiger partial charge is 0.392 e. The molecule has 1 fully saturated rings. The summed E-state index contributed by atoms with van der Waals surface area (Å²) in [4.78, 5) is 0. The second-order valence-corrected chi connectivity index (χ2v) is 6.59. The fourth-order valence-electron chi connectivity index (χ4n) is 1.89. The summed E-state index contributed by atoms with van der Waals surface area (Å²) >= 11 is 0. The minimum absolute atomic E-state index is 0.0234. The third kappa shape index (κ3) is 2.81. The molecular formula is C12H17N3O3S. The molecule has 7 heteroatoms. The summed E-state index contributed by atoms with van der Waals surface area (Å²) in [6, 6.07) is 0. The molecule has 19 heavy (non-hydrogen) atoms. The highest BCUT2D eigenvalue weighted by atomic mass is 32.2. The molecular weight excluding hydrogens is 266 g/mol. The zero-order valence-corrected chi connectivity index (χ0v) is 11.6. The Balaban J connectivity index is 2.35. The lowest BCUT2D eigenvalue weighted by molar-refractivity contribution is 0.277. The van der Waals surface area contributed by atoms with Gasteiger partial charge >= 0.3 is 0 Å². The molecule has 0 saturated heterocycles. The zero-order chi connectivity index (χ0) is 14.0. The van der Waals surface area contributed by atoms with Crippen LogP contribution in [0.15, 0.2) is 5.03 Å². The average molecular weight is 283 g/mol. The van der Waals surface area contributed by atoms with E-state index < -0.39 is 10.0 Å². The number of aliphatic hydroxyl groups excluding tert-OH is 1. The van der Waals surface area contributed by atoms with Crippen LogP contribution in [0, 0.1) is 25.2 Å². The Morgan fingerprint density at radius 2 is 2.26 bits per heavy atom.